The van der Waals surface area contributed by atoms with Crippen molar-refractivity contribution in [2.24, 2.45) is 0 Å². The summed E-state index contributed by atoms with van der Waals surface area (Å²) in [6.45, 7) is 0. The van der Waals surface area contributed by atoms with Crippen LogP contribution < -0.4 is 0 Å². The van der Waals surface area contributed by atoms with Crippen molar-refractivity contribution in [2.45, 2.75) is 0 Å². The Hall–Kier alpha value is 0.0418. The summed E-state index contributed by atoms with van der Waals surface area (Å²) < 4.78 is 14.2. The summed E-state index contributed by atoms with van der Waals surface area (Å²) in [5.74, 6) is 0. The molecule has 0 spiro atoms. The predicted molar refractivity (Wildman–Crippen MR) is 40.6 cm³/mol. The number of rotatable bonds is 3. The van der Waals surface area contributed by atoms with E-state index in [1.54, 1.807) is 21.3 Å². The van der Waals surface area contributed by atoms with E-state index in [0.29, 0.717) is 0 Å². The zero-order chi connectivity index (χ0) is 9.28. The van der Waals surface area contributed by atoms with Gasteiger partial charge in [-0.05, 0) is 0 Å². The second kappa shape index (κ2) is 10.0. The molecule has 0 aliphatic heterocycles. The van der Waals surface area contributed by atoms with Gasteiger partial charge in [0.1, 0.15) is 0 Å². The molecule has 0 rings (SSSR count). The van der Waals surface area contributed by atoms with Crippen LogP contribution in [-0.4, -0.2) is 53.2 Å². The third-order valence-corrected chi connectivity index (χ3v) is 1.73. The van der Waals surface area contributed by atoms with Gasteiger partial charge in [-0.2, -0.15) is 0 Å². The Morgan fingerprint density at radius 2 is 1.09 bits per heavy atom. The zero-order valence-electron chi connectivity index (χ0n) is 6.72. The lowest BCUT2D eigenvalue weighted by molar-refractivity contribution is 0.163. The van der Waals surface area contributed by atoms with Crippen LogP contribution in [0.1, 0.15) is 0 Å². The molecule has 8 heteroatoms. The molecule has 3 N–H and O–H groups in total. The Morgan fingerprint density at radius 3 is 1.09 bits per heavy atom. The first-order valence-corrected chi connectivity index (χ1v) is 4.12. The number of hydrogen-bond acceptors (Lipinski definition) is 6. The maximum absolute atomic E-state index is 7.17. The van der Waals surface area contributed by atoms with E-state index < -0.39 is 16.8 Å². The summed E-state index contributed by atoms with van der Waals surface area (Å²) >= 11 is 0. The van der Waals surface area contributed by atoms with Gasteiger partial charge in [0.25, 0.3) is 0 Å². The van der Waals surface area contributed by atoms with E-state index in [1.807, 2.05) is 0 Å². The molecule has 68 valence electrons. The van der Waals surface area contributed by atoms with E-state index in [4.69, 9.17) is 28.4 Å². The topological polar surface area (TPSA) is 88.4 Å². The molecule has 0 aromatic heterocycles. The van der Waals surface area contributed by atoms with E-state index in [2.05, 4.69) is 0 Å². The van der Waals surface area contributed by atoms with Gasteiger partial charge >= 0.3 is 16.8 Å². The fourth-order valence-corrected chi connectivity index (χ4v) is 0.866. The van der Waals surface area contributed by atoms with Crippen LogP contribution in [0, 0.1) is 0 Å². The first-order valence-electron chi connectivity index (χ1n) is 2.71. The minimum Gasteiger partial charge on any atom is -0.402 e. The summed E-state index contributed by atoms with van der Waals surface area (Å²) in [5, 5.41) is 21.5. The van der Waals surface area contributed by atoms with Crippen LogP contribution in [0.2, 0.25) is 0 Å². The highest BCUT2D eigenvalue weighted by atomic mass is 28.3. The Balaban J connectivity index is 0. The molecule has 0 aliphatic carbocycles. The minimum atomic E-state index is -2.17. The van der Waals surface area contributed by atoms with Gasteiger partial charge in [0.15, 0.2) is 0 Å². The molecule has 0 bridgehead atoms. The average Bonchev–Trinajstić information content (AvgIpc) is 1.90. The van der Waals surface area contributed by atoms with E-state index >= 15 is 0 Å². The van der Waals surface area contributed by atoms with Crippen LogP contribution in [-0.2, 0) is 13.3 Å². The molecule has 11 heavy (non-hydrogen) atoms. The molecule has 0 amide bonds. The van der Waals surface area contributed by atoms with Crippen molar-refractivity contribution in [3.8, 4) is 0 Å². The van der Waals surface area contributed by atoms with Gasteiger partial charge in [-0.3, -0.25) is 0 Å². The van der Waals surface area contributed by atoms with Crippen molar-refractivity contribution in [3.63, 3.8) is 0 Å². The highest BCUT2D eigenvalue weighted by Crippen LogP contribution is 1.81. The van der Waals surface area contributed by atoms with Crippen LogP contribution in [0.3, 0.4) is 0 Å². The maximum atomic E-state index is 7.17. The first-order chi connectivity index (χ1) is 5.08. The van der Waals surface area contributed by atoms with Crippen molar-refractivity contribution in [3.05, 3.63) is 0 Å². The van der Waals surface area contributed by atoms with Crippen LogP contribution in [0.25, 0.3) is 0 Å². The Morgan fingerprint density at radius 1 is 0.909 bits per heavy atom. The van der Waals surface area contributed by atoms with E-state index in [-0.39, 0.29) is 0 Å². The largest absolute Gasteiger partial charge is 0.631 e. The lowest BCUT2D eigenvalue weighted by Gasteiger charge is -2.05. The van der Waals surface area contributed by atoms with Crippen molar-refractivity contribution >= 4 is 16.8 Å². The highest BCUT2D eigenvalue weighted by molar-refractivity contribution is 6.36. The van der Waals surface area contributed by atoms with Crippen molar-refractivity contribution in [1.29, 1.82) is 0 Å². The van der Waals surface area contributed by atoms with Gasteiger partial charge in [-0.1, -0.05) is 0 Å². The molecule has 0 aliphatic rings. The van der Waals surface area contributed by atoms with Gasteiger partial charge in [0.05, 0.1) is 0 Å². The molecular formula is C3H13BO6Si. The summed E-state index contributed by atoms with van der Waals surface area (Å²) in [6, 6.07) is 0. The van der Waals surface area contributed by atoms with Crippen molar-refractivity contribution < 1.29 is 28.4 Å². The second-order valence-corrected chi connectivity index (χ2v) is 3.33. The molecule has 0 aromatic rings. The molecule has 0 saturated carbocycles. The molecule has 0 heterocycles. The summed E-state index contributed by atoms with van der Waals surface area (Å²) in [7, 11) is 0.882. The fourth-order valence-electron chi connectivity index (χ4n) is 0.289. The SMILES string of the molecule is CO[SiH](OC)OC.OB(O)O. The third kappa shape index (κ3) is 17.8. The second-order valence-electron chi connectivity index (χ2n) is 1.34. The van der Waals surface area contributed by atoms with E-state index in [1.165, 1.54) is 0 Å². The van der Waals surface area contributed by atoms with Gasteiger partial charge in [-0.25, -0.2) is 0 Å². The molecule has 0 unspecified atom stereocenters. The quantitative estimate of drug-likeness (QED) is 0.423. The Labute approximate surface area is 67.5 Å². The van der Waals surface area contributed by atoms with Crippen molar-refractivity contribution in [1.82, 2.24) is 0 Å². The lowest BCUT2D eigenvalue weighted by atomic mass is 10.3. The van der Waals surface area contributed by atoms with Gasteiger partial charge in [0, 0.05) is 21.3 Å². The summed E-state index contributed by atoms with van der Waals surface area (Å²) in [6.07, 6.45) is 0. The highest BCUT2D eigenvalue weighted by Gasteiger charge is 2.04. The molecular weight excluding hydrogens is 171 g/mol. The Bertz CT molecular complexity index is 60.6. The fraction of sp³-hybridized carbons (Fsp3) is 1.00. The minimum absolute atomic E-state index is 1.57. The molecule has 6 nitrogen and oxygen atoms in total. The summed E-state index contributed by atoms with van der Waals surface area (Å²) in [5.41, 5.74) is 0. The molecule has 0 atom stereocenters. The standard InChI is InChI=1S/C3H10O3Si.BH3O3/c1-4-7(5-2)6-3;2-1(3)4/h7H,1-3H3;2-4H. The normalized spacial score (nSPS) is 9.00. The van der Waals surface area contributed by atoms with Crippen molar-refractivity contribution in [2.75, 3.05) is 21.3 Å². The zero-order valence-corrected chi connectivity index (χ0v) is 7.88. The smallest absolute Gasteiger partial charge is 0.402 e. The van der Waals surface area contributed by atoms with Gasteiger partial charge < -0.3 is 28.4 Å². The average molecular weight is 184 g/mol. The monoisotopic (exact) mass is 184 g/mol. The first kappa shape index (κ1) is 13.6. The molecule has 0 radical (unpaired) electrons. The van der Waals surface area contributed by atoms with Crippen LogP contribution in [0.5, 0.6) is 0 Å². The summed E-state index contributed by atoms with van der Waals surface area (Å²) in [4.78, 5) is 0. The van der Waals surface area contributed by atoms with Crippen LogP contribution in [0.15, 0.2) is 0 Å². The van der Waals surface area contributed by atoms with Crippen LogP contribution in [0.4, 0.5) is 0 Å². The molecule has 0 aromatic carbocycles. The third-order valence-electron chi connectivity index (χ3n) is 0.577. The van der Waals surface area contributed by atoms with Crippen LogP contribution >= 0.6 is 0 Å². The van der Waals surface area contributed by atoms with E-state index in [9.17, 15) is 0 Å². The van der Waals surface area contributed by atoms with Gasteiger partial charge in [0.2, 0.25) is 0 Å². The number of hydrogen-bond donors (Lipinski definition) is 3. The molecule has 0 saturated heterocycles. The molecule has 0 fully saturated rings. The lowest BCUT2D eigenvalue weighted by Crippen LogP contribution is -2.21. The van der Waals surface area contributed by atoms with Gasteiger partial charge in [-0.15, -0.1) is 0 Å². The maximum Gasteiger partial charge on any atom is 0.631 e. The van der Waals surface area contributed by atoms with E-state index in [0.717, 1.165) is 0 Å². The Kier molecular flexibility index (Phi) is 12.4. The predicted octanol–water partition coefficient (Wildman–Crippen LogP) is -2.41.